The molecule has 1 heterocycles. The third kappa shape index (κ3) is 3.21. The summed E-state index contributed by atoms with van der Waals surface area (Å²) < 4.78 is 7.03. The molecule has 1 aromatic heterocycles. The Morgan fingerprint density at radius 1 is 1.42 bits per heavy atom. The summed E-state index contributed by atoms with van der Waals surface area (Å²) in [5.74, 6) is 1.50. The Balaban J connectivity index is 2.24. The van der Waals surface area contributed by atoms with Crippen LogP contribution in [0.5, 0.6) is 5.75 Å². The minimum atomic E-state index is 0.483. The van der Waals surface area contributed by atoms with Gasteiger partial charge in [0.25, 0.3) is 0 Å². The van der Waals surface area contributed by atoms with Crippen molar-refractivity contribution in [1.82, 2.24) is 25.5 Å². The van der Waals surface area contributed by atoms with Crippen LogP contribution in [-0.4, -0.2) is 33.9 Å². The monoisotopic (exact) mass is 281 g/mol. The molecule has 7 heteroatoms. The molecule has 6 nitrogen and oxygen atoms in total. The fourth-order valence-corrected chi connectivity index (χ4v) is 1.97. The highest BCUT2D eigenvalue weighted by molar-refractivity contribution is 6.31. The molecule has 2 aromatic rings. The van der Waals surface area contributed by atoms with Crippen molar-refractivity contribution in [3.8, 4) is 5.75 Å². The number of benzene rings is 1. The lowest BCUT2D eigenvalue weighted by molar-refractivity contribution is 0.406. The zero-order chi connectivity index (χ0) is 13.7. The van der Waals surface area contributed by atoms with Crippen LogP contribution in [0.15, 0.2) is 18.2 Å². The van der Waals surface area contributed by atoms with E-state index in [0.29, 0.717) is 18.1 Å². The lowest BCUT2D eigenvalue weighted by atomic mass is 10.2. The summed E-state index contributed by atoms with van der Waals surface area (Å²) >= 11 is 6.20. The molecule has 1 aromatic carbocycles. The molecule has 0 amide bonds. The maximum atomic E-state index is 6.20. The van der Waals surface area contributed by atoms with Crippen LogP contribution in [0.25, 0.3) is 0 Å². The van der Waals surface area contributed by atoms with E-state index in [-0.39, 0.29) is 0 Å². The quantitative estimate of drug-likeness (QED) is 0.869. The van der Waals surface area contributed by atoms with Crippen molar-refractivity contribution >= 4 is 11.6 Å². The predicted molar refractivity (Wildman–Crippen MR) is 72.3 cm³/mol. The minimum absolute atomic E-state index is 0.483. The average molecular weight is 282 g/mol. The zero-order valence-corrected chi connectivity index (χ0v) is 11.7. The highest BCUT2D eigenvalue weighted by Gasteiger charge is 2.12. The van der Waals surface area contributed by atoms with Gasteiger partial charge in [0.1, 0.15) is 5.75 Å². The molecule has 0 saturated heterocycles. The molecular formula is C12H16ClN5O. The number of nitrogens with zero attached hydrogens (tertiary/aromatic N) is 4. The molecule has 19 heavy (non-hydrogen) atoms. The van der Waals surface area contributed by atoms with E-state index in [1.165, 1.54) is 0 Å². The molecule has 0 spiro atoms. The van der Waals surface area contributed by atoms with Gasteiger partial charge < -0.3 is 10.1 Å². The van der Waals surface area contributed by atoms with Gasteiger partial charge in [-0.25, -0.2) is 4.68 Å². The third-order valence-corrected chi connectivity index (χ3v) is 3.10. The Bertz CT molecular complexity index is 543. The van der Waals surface area contributed by atoms with E-state index in [9.17, 15) is 0 Å². The number of rotatable bonds is 6. The van der Waals surface area contributed by atoms with Crippen molar-refractivity contribution < 1.29 is 4.74 Å². The molecule has 2 rings (SSSR count). The third-order valence-electron chi connectivity index (χ3n) is 2.74. The summed E-state index contributed by atoms with van der Waals surface area (Å²) in [6.45, 7) is 4.00. The number of hydrogen-bond donors (Lipinski definition) is 1. The Kier molecular flexibility index (Phi) is 4.70. The first-order valence-corrected chi connectivity index (χ1v) is 6.41. The summed E-state index contributed by atoms with van der Waals surface area (Å²) in [5.41, 5.74) is 0.872. The molecule has 102 valence electrons. The van der Waals surface area contributed by atoms with Crippen LogP contribution in [0.3, 0.4) is 0 Å². The zero-order valence-electron chi connectivity index (χ0n) is 10.9. The van der Waals surface area contributed by atoms with Crippen molar-refractivity contribution in [3.05, 3.63) is 34.6 Å². The van der Waals surface area contributed by atoms with Crippen LogP contribution < -0.4 is 10.1 Å². The SMILES string of the molecule is CCNCc1nnnn1Cc1c(Cl)cccc1OC. The number of aromatic nitrogens is 4. The van der Waals surface area contributed by atoms with Gasteiger partial charge in [0.2, 0.25) is 0 Å². The van der Waals surface area contributed by atoms with Crippen LogP contribution in [0.4, 0.5) is 0 Å². The number of nitrogens with one attached hydrogen (secondary N) is 1. The van der Waals surface area contributed by atoms with E-state index < -0.39 is 0 Å². The van der Waals surface area contributed by atoms with Gasteiger partial charge in [-0.2, -0.15) is 0 Å². The summed E-state index contributed by atoms with van der Waals surface area (Å²) in [5, 5.41) is 15.5. The molecule has 1 N–H and O–H groups in total. The largest absolute Gasteiger partial charge is 0.496 e. The fourth-order valence-electron chi connectivity index (χ4n) is 1.74. The van der Waals surface area contributed by atoms with Crippen LogP contribution >= 0.6 is 11.6 Å². The van der Waals surface area contributed by atoms with Crippen LogP contribution in [0.1, 0.15) is 18.3 Å². The maximum absolute atomic E-state index is 6.20. The maximum Gasteiger partial charge on any atom is 0.165 e. The molecule has 0 aliphatic rings. The fraction of sp³-hybridized carbons (Fsp3) is 0.417. The Morgan fingerprint density at radius 3 is 3.00 bits per heavy atom. The number of hydrogen-bond acceptors (Lipinski definition) is 5. The van der Waals surface area contributed by atoms with Crippen LogP contribution in [0, 0.1) is 0 Å². The lowest BCUT2D eigenvalue weighted by Crippen LogP contribution is -2.17. The van der Waals surface area contributed by atoms with Crippen molar-refractivity contribution in [1.29, 1.82) is 0 Å². The van der Waals surface area contributed by atoms with Gasteiger partial charge in [-0.1, -0.05) is 24.6 Å². The van der Waals surface area contributed by atoms with Gasteiger partial charge in [0.15, 0.2) is 5.82 Å². The summed E-state index contributed by atoms with van der Waals surface area (Å²) in [4.78, 5) is 0. The average Bonchev–Trinajstić information content (AvgIpc) is 2.86. The second kappa shape index (κ2) is 6.49. The highest BCUT2D eigenvalue weighted by atomic mass is 35.5. The molecule has 0 aliphatic heterocycles. The molecular weight excluding hydrogens is 266 g/mol. The van der Waals surface area contributed by atoms with Crippen LogP contribution in [0.2, 0.25) is 5.02 Å². The Hall–Kier alpha value is -1.66. The van der Waals surface area contributed by atoms with Gasteiger partial charge in [-0.05, 0) is 29.1 Å². The second-order valence-electron chi connectivity index (χ2n) is 3.95. The Labute approximate surface area is 116 Å². The van der Waals surface area contributed by atoms with Crippen molar-refractivity contribution in [2.24, 2.45) is 0 Å². The second-order valence-corrected chi connectivity index (χ2v) is 4.36. The van der Waals surface area contributed by atoms with E-state index in [0.717, 1.165) is 23.7 Å². The summed E-state index contributed by atoms with van der Waals surface area (Å²) in [6, 6.07) is 5.55. The van der Waals surface area contributed by atoms with Gasteiger partial charge >= 0.3 is 0 Å². The summed E-state index contributed by atoms with van der Waals surface area (Å²) in [7, 11) is 1.62. The van der Waals surface area contributed by atoms with Crippen molar-refractivity contribution in [3.63, 3.8) is 0 Å². The molecule has 0 saturated carbocycles. The minimum Gasteiger partial charge on any atom is -0.496 e. The topological polar surface area (TPSA) is 64.9 Å². The number of halogens is 1. The highest BCUT2D eigenvalue weighted by Crippen LogP contribution is 2.26. The normalized spacial score (nSPS) is 10.7. The number of tetrazole rings is 1. The van der Waals surface area contributed by atoms with Gasteiger partial charge in [-0.15, -0.1) is 5.10 Å². The van der Waals surface area contributed by atoms with E-state index >= 15 is 0 Å². The van der Waals surface area contributed by atoms with Crippen molar-refractivity contribution in [2.75, 3.05) is 13.7 Å². The van der Waals surface area contributed by atoms with E-state index in [1.807, 2.05) is 25.1 Å². The van der Waals surface area contributed by atoms with Gasteiger partial charge in [0, 0.05) is 10.6 Å². The molecule has 0 bridgehead atoms. The van der Waals surface area contributed by atoms with Gasteiger partial charge in [0.05, 0.1) is 20.2 Å². The Morgan fingerprint density at radius 2 is 2.26 bits per heavy atom. The smallest absolute Gasteiger partial charge is 0.165 e. The van der Waals surface area contributed by atoms with E-state index in [2.05, 4.69) is 20.8 Å². The molecule has 0 aliphatic carbocycles. The van der Waals surface area contributed by atoms with Crippen LogP contribution in [-0.2, 0) is 13.1 Å². The first kappa shape index (κ1) is 13.8. The first-order chi connectivity index (χ1) is 9.26. The first-order valence-electron chi connectivity index (χ1n) is 6.03. The number of methoxy groups -OCH3 is 1. The number of ether oxygens (including phenoxy) is 1. The predicted octanol–water partition coefficient (Wildman–Crippen LogP) is 1.49. The van der Waals surface area contributed by atoms with E-state index in [4.69, 9.17) is 16.3 Å². The van der Waals surface area contributed by atoms with Gasteiger partial charge in [-0.3, -0.25) is 0 Å². The molecule has 0 radical (unpaired) electrons. The summed E-state index contributed by atoms with van der Waals surface area (Å²) in [6.07, 6.45) is 0. The van der Waals surface area contributed by atoms with Crippen molar-refractivity contribution in [2.45, 2.75) is 20.0 Å². The molecule has 0 fully saturated rings. The molecule has 0 unspecified atom stereocenters. The standard InChI is InChI=1S/C12H16ClN5O/c1-3-14-7-12-15-16-17-18(12)8-9-10(13)5-4-6-11(9)19-2/h4-6,14H,3,7-8H2,1-2H3. The molecule has 0 atom stereocenters. The van der Waals surface area contributed by atoms with E-state index in [1.54, 1.807) is 11.8 Å². The lowest BCUT2D eigenvalue weighted by Gasteiger charge is -2.11.